The van der Waals surface area contributed by atoms with Crippen LogP contribution in [-0.2, 0) is 4.79 Å². The molecule has 1 aliphatic carbocycles. The Kier molecular flexibility index (Phi) is 8.39. The third-order valence-electron chi connectivity index (χ3n) is 3.72. The molecule has 0 spiro atoms. The Bertz CT molecular complexity index is 239. The van der Waals surface area contributed by atoms with Gasteiger partial charge in [0.2, 0.25) is 0 Å². The lowest BCUT2D eigenvalue weighted by Crippen LogP contribution is -2.53. The number of piperidine rings is 1. The van der Waals surface area contributed by atoms with Crippen LogP contribution in [0.5, 0.6) is 0 Å². The summed E-state index contributed by atoms with van der Waals surface area (Å²) < 4.78 is 0. The van der Waals surface area contributed by atoms with Crippen molar-refractivity contribution in [2.45, 2.75) is 51.1 Å². The molecule has 0 aromatic carbocycles. The van der Waals surface area contributed by atoms with Crippen molar-refractivity contribution in [1.29, 1.82) is 0 Å². The van der Waals surface area contributed by atoms with Gasteiger partial charge in [0.25, 0.3) is 0 Å². The van der Waals surface area contributed by atoms with Crippen molar-refractivity contribution in [2.75, 3.05) is 13.1 Å². The SMILES string of the molecule is CCCNC1C[C@@H]2CCCN[C@H]2CC1=O.Cl.Cl. The summed E-state index contributed by atoms with van der Waals surface area (Å²) in [5, 5.41) is 6.86. The fraction of sp³-hybridized carbons (Fsp3) is 0.917. The van der Waals surface area contributed by atoms with Gasteiger partial charge < -0.3 is 10.6 Å². The van der Waals surface area contributed by atoms with Gasteiger partial charge >= 0.3 is 0 Å². The van der Waals surface area contributed by atoms with Gasteiger partial charge in [0, 0.05) is 12.5 Å². The molecule has 1 saturated heterocycles. The molecule has 1 heterocycles. The van der Waals surface area contributed by atoms with Crippen LogP contribution in [0.1, 0.15) is 39.0 Å². The summed E-state index contributed by atoms with van der Waals surface area (Å²) in [5.74, 6) is 1.14. The molecule has 0 aromatic heterocycles. The number of nitrogens with one attached hydrogen (secondary N) is 2. The highest BCUT2D eigenvalue weighted by atomic mass is 35.5. The number of Topliss-reactive ketones (excluding diaryl/α,β-unsaturated/α-hetero) is 1. The van der Waals surface area contributed by atoms with Gasteiger partial charge in [0.1, 0.15) is 0 Å². The second-order valence-electron chi connectivity index (χ2n) is 4.88. The Morgan fingerprint density at radius 1 is 1.41 bits per heavy atom. The first-order valence-corrected chi connectivity index (χ1v) is 6.30. The summed E-state index contributed by atoms with van der Waals surface area (Å²) >= 11 is 0. The topological polar surface area (TPSA) is 41.1 Å². The third kappa shape index (κ3) is 4.40. The lowest BCUT2D eigenvalue weighted by Gasteiger charge is -2.39. The smallest absolute Gasteiger partial charge is 0.151 e. The second-order valence-corrected chi connectivity index (χ2v) is 4.88. The summed E-state index contributed by atoms with van der Waals surface area (Å²) in [4.78, 5) is 11.9. The van der Waals surface area contributed by atoms with Gasteiger partial charge in [-0.05, 0) is 44.7 Å². The quantitative estimate of drug-likeness (QED) is 0.831. The molecule has 2 rings (SSSR count). The van der Waals surface area contributed by atoms with E-state index in [1.807, 2.05) is 0 Å². The molecule has 0 aromatic rings. The van der Waals surface area contributed by atoms with E-state index in [1.165, 1.54) is 12.8 Å². The average Bonchev–Trinajstić information content (AvgIpc) is 2.26. The van der Waals surface area contributed by atoms with Gasteiger partial charge in [0.05, 0.1) is 6.04 Å². The Balaban J connectivity index is 0.00000128. The highest BCUT2D eigenvalue weighted by Gasteiger charge is 2.36. The van der Waals surface area contributed by atoms with E-state index in [0.717, 1.165) is 38.3 Å². The largest absolute Gasteiger partial charge is 0.313 e. The Morgan fingerprint density at radius 3 is 2.88 bits per heavy atom. The predicted octanol–water partition coefficient (Wildman–Crippen LogP) is 1.93. The van der Waals surface area contributed by atoms with Crippen molar-refractivity contribution in [3.63, 3.8) is 0 Å². The number of carbonyl (C=O) groups excluding carboxylic acids is 1. The van der Waals surface area contributed by atoms with Gasteiger partial charge in [-0.15, -0.1) is 24.8 Å². The zero-order valence-electron chi connectivity index (χ0n) is 10.4. The van der Waals surface area contributed by atoms with Gasteiger partial charge in [-0.25, -0.2) is 0 Å². The summed E-state index contributed by atoms with van der Waals surface area (Å²) in [7, 11) is 0. The second kappa shape index (κ2) is 8.30. The summed E-state index contributed by atoms with van der Waals surface area (Å²) in [6, 6.07) is 0.622. The van der Waals surface area contributed by atoms with E-state index in [9.17, 15) is 4.79 Å². The number of ketones is 1. The minimum Gasteiger partial charge on any atom is -0.313 e. The summed E-state index contributed by atoms with van der Waals surface area (Å²) in [6.07, 6.45) is 5.48. The van der Waals surface area contributed by atoms with E-state index >= 15 is 0 Å². The van der Waals surface area contributed by atoms with Gasteiger partial charge in [-0.3, -0.25) is 4.79 Å². The maximum Gasteiger partial charge on any atom is 0.151 e. The summed E-state index contributed by atoms with van der Waals surface area (Å²) in [6.45, 7) is 4.22. The molecule has 102 valence electrons. The molecule has 1 aliphatic heterocycles. The van der Waals surface area contributed by atoms with Gasteiger partial charge in [-0.2, -0.15) is 0 Å². The molecule has 2 fully saturated rings. The normalized spacial score (nSPS) is 32.1. The zero-order chi connectivity index (χ0) is 10.7. The molecule has 1 saturated carbocycles. The fourth-order valence-corrected chi connectivity index (χ4v) is 2.85. The number of hydrogen-bond donors (Lipinski definition) is 2. The Hall–Kier alpha value is 0.170. The number of fused-ring (bicyclic) bond motifs is 1. The molecule has 5 heteroatoms. The summed E-state index contributed by atoms with van der Waals surface area (Å²) in [5.41, 5.74) is 0. The molecule has 17 heavy (non-hydrogen) atoms. The van der Waals surface area contributed by atoms with Crippen LogP contribution in [0, 0.1) is 5.92 Å². The van der Waals surface area contributed by atoms with Crippen LogP contribution in [0.15, 0.2) is 0 Å². The molecular weight excluding hydrogens is 259 g/mol. The first-order valence-electron chi connectivity index (χ1n) is 6.30. The number of rotatable bonds is 3. The van der Waals surface area contributed by atoms with E-state index in [4.69, 9.17) is 0 Å². The van der Waals surface area contributed by atoms with E-state index in [2.05, 4.69) is 17.6 Å². The molecule has 1 unspecified atom stereocenters. The van der Waals surface area contributed by atoms with Crippen LogP contribution >= 0.6 is 24.8 Å². The fourth-order valence-electron chi connectivity index (χ4n) is 2.85. The lowest BCUT2D eigenvalue weighted by atomic mass is 9.76. The zero-order valence-corrected chi connectivity index (χ0v) is 12.0. The van der Waals surface area contributed by atoms with Crippen molar-refractivity contribution >= 4 is 30.6 Å². The van der Waals surface area contributed by atoms with E-state index in [0.29, 0.717) is 11.8 Å². The number of hydrogen-bond acceptors (Lipinski definition) is 3. The van der Waals surface area contributed by atoms with Crippen LogP contribution in [0.3, 0.4) is 0 Å². The van der Waals surface area contributed by atoms with Crippen molar-refractivity contribution in [3.05, 3.63) is 0 Å². The highest BCUT2D eigenvalue weighted by molar-refractivity contribution is 5.86. The molecule has 0 bridgehead atoms. The van der Waals surface area contributed by atoms with Crippen LogP contribution in [0.4, 0.5) is 0 Å². The molecule has 3 atom stereocenters. The lowest BCUT2D eigenvalue weighted by molar-refractivity contribution is -0.124. The van der Waals surface area contributed by atoms with Crippen LogP contribution in [0.2, 0.25) is 0 Å². The van der Waals surface area contributed by atoms with Crippen molar-refractivity contribution < 1.29 is 4.79 Å². The minimum atomic E-state index is 0. The standard InChI is InChI=1S/C12H22N2O.2ClH/c1-2-5-13-11-7-9-4-3-6-14-10(9)8-12(11)15;;/h9-11,13-14H,2-8H2,1H3;2*1H/t9-,10-,11?;;/m0../s1. The van der Waals surface area contributed by atoms with E-state index in [1.54, 1.807) is 0 Å². The Labute approximate surface area is 116 Å². The van der Waals surface area contributed by atoms with E-state index in [-0.39, 0.29) is 30.9 Å². The third-order valence-corrected chi connectivity index (χ3v) is 3.72. The molecule has 0 radical (unpaired) electrons. The minimum absolute atomic E-state index is 0. The van der Waals surface area contributed by atoms with Gasteiger partial charge in [-0.1, -0.05) is 6.92 Å². The van der Waals surface area contributed by atoms with Crippen molar-refractivity contribution in [3.8, 4) is 0 Å². The van der Waals surface area contributed by atoms with Crippen molar-refractivity contribution in [1.82, 2.24) is 10.6 Å². The average molecular weight is 283 g/mol. The molecule has 2 N–H and O–H groups in total. The molecular formula is C12H24Cl2N2O. The maximum absolute atomic E-state index is 11.9. The molecule has 0 amide bonds. The molecule has 3 nitrogen and oxygen atoms in total. The Morgan fingerprint density at radius 2 is 2.18 bits per heavy atom. The monoisotopic (exact) mass is 282 g/mol. The first-order chi connectivity index (χ1) is 7.31. The number of halogens is 2. The van der Waals surface area contributed by atoms with Crippen LogP contribution in [0.25, 0.3) is 0 Å². The van der Waals surface area contributed by atoms with Crippen LogP contribution < -0.4 is 10.6 Å². The first kappa shape index (κ1) is 17.2. The van der Waals surface area contributed by atoms with Crippen molar-refractivity contribution in [2.24, 2.45) is 5.92 Å². The maximum atomic E-state index is 11.9. The number of carbonyl (C=O) groups is 1. The van der Waals surface area contributed by atoms with E-state index < -0.39 is 0 Å². The van der Waals surface area contributed by atoms with Crippen LogP contribution in [-0.4, -0.2) is 31.0 Å². The highest BCUT2D eigenvalue weighted by Crippen LogP contribution is 2.29. The van der Waals surface area contributed by atoms with Gasteiger partial charge in [0.15, 0.2) is 5.78 Å². The molecule has 2 aliphatic rings. The predicted molar refractivity (Wildman–Crippen MR) is 75.3 cm³/mol.